The van der Waals surface area contributed by atoms with Crippen LogP contribution in [0.3, 0.4) is 0 Å². The van der Waals surface area contributed by atoms with Gasteiger partial charge in [-0.15, -0.1) is 0 Å². The number of carboxylic acids is 1. The molecule has 0 spiro atoms. The number of carbonyl (C=O) groups excluding carboxylic acids is 2. The zero-order valence-electron chi connectivity index (χ0n) is 16.0. The number of carbonyl (C=O) groups is 3. The van der Waals surface area contributed by atoms with Crippen LogP contribution >= 0.6 is 0 Å². The van der Waals surface area contributed by atoms with Gasteiger partial charge < -0.3 is 26.6 Å². The molecule has 0 fully saturated rings. The lowest BCUT2D eigenvalue weighted by Gasteiger charge is -2.22. The van der Waals surface area contributed by atoms with E-state index >= 15 is 0 Å². The van der Waals surface area contributed by atoms with Gasteiger partial charge in [-0.3, -0.25) is 9.59 Å². The van der Waals surface area contributed by atoms with E-state index in [-0.39, 0.29) is 18.6 Å². The summed E-state index contributed by atoms with van der Waals surface area (Å²) in [6, 6.07) is 12.1. The Balaban J connectivity index is 2.14. The Bertz CT molecular complexity index is 837. The predicted octanol–water partition coefficient (Wildman–Crippen LogP) is 0.579. The standard InChI is InChI=1S/C21H25N3O5/c1-13(22)19(26)23-17(11-14-5-3-2-4-6-14)20(27)24-18(21(28)29)12-15-7-9-16(25)10-8-15/h2-10,13,17-18,25H,11-12,22H2,1H3,(H,23,26)(H,24,27)(H,28,29). The van der Waals surface area contributed by atoms with Crippen molar-refractivity contribution < 1.29 is 24.6 Å². The molecule has 29 heavy (non-hydrogen) atoms. The Kier molecular flexibility index (Phi) is 7.73. The van der Waals surface area contributed by atoms with Crippen molar-refractivity contribution in [2.75, 3.05) is 0 Å². The SMILES string of the molecule is CC(N)C(=O)NC(Cc1ccccc1)C(=O)NC(Cc1ccc(O)cc1)C(=O)O. The van der Waals surface area contributed by atoms with Crippen molar-refractivity contribution >= 4 is 17.8 Å². The summed E-state index contributed by atoms with van der Waals surface area (Å²) in [5, 5.41) is 23.9. The summed E-state index contributed by atoms with van der Waals surface area (Å²) in [6.45, 7) is 1.50. The molecule has 0 radical (unpaired) electrons. The minimum atomic E-state index is -1.21. The van der Waals surface area contributed by atoms with Crippen LogP contribution in [0.1, 0.15) is 18.1 Å². The summed E-state index contributed by atoms with van der Waals surface area (Å²) < 4.78 is 0. The van der Waals surface area contributed by atoms with E-state index in [0.717, 1.165) is 5.56 Å². The number of hydrogen-bond donors (Lipinski definition) is 5. The number of hydrogen-bond acceptors (Lipinski definition) is 5. The Morgan fingerprint density at radius 1 is 0.862 bits per heavy atom. The number of aromatic hydroxyl groups is 1. The third-order valence-electron chi connectivity index (χ3n) is 4.32. The van der Waals surface area contributed by atoms with Gasteiger partial charge in [0, 0.05) is 12.8 Å². The average Bonchev–Trinajstić information content (AvgIpc) is 2.69. The molecule has 6 N–H and O–H groups in total. The summed E-state index contributed by atoms with van der Waals surface area (Å²) in [4.78, 5) is 36.5. The van der Waals surface area contributed by atoms with E-state index in [4.69, 9.17) is 5.73 Å². The number of benzene rings is 2. The fourth-order valence-corrected chi connectivity index (χ4v) is 2.70. The number of aliphatic carboxylic acids is 1. The van der Waals surface area contributed by atoms with E-state index in [1.54, 1.807) is 12.1 Å². The number of nitrogens with two attached hydrogens (primary N) is 1. The molecule has 8 heteroatoms. The van der Waals surface area contributed by atoms with Gasteiger partial charge >= 0.3 is 5.97 Å². The Labute approximate surface area is 168 Å². The second-order valence-electron chi connectivity index (χ2n) is 6.81. The summed E-state index contributed by atoms with van der Waals surface area (Å²) >= 11 is 0. The van der Waals surface area contributed by atoms with Crippen molar-refractivity contribution in [1.29, 1.82) is 0 Å². The highest BCUT2D eigenvalue weighted by molar-refractivity contribution is 5.91. The van der Waals surface area contributed by atoms with Crippen LogP contribution in [0.25, 0.3) is 0 Å². The van der Waals surface area contributed by atoms with Crippen LogP contribution in [0.15, 0.2) is 54.6 Å². The molecule has 0 heterocycles. The van der Waals surface area contributed by atoms with Crippen LogP contribution in [0, 0.1) is 0 Å². The van der Waals surface area contributed by atoms with Gasteiger partial charge in [0.2, 0.25) is 11.8 Å². The van der Waals surface area contributed by atoms with E-state index in [9.17, 15) is 24.6 Å². The zero-order valence-corrected chi connectivity index (χ0v) is 16.0. The number of amides is 2. The van der Waals surface area contributed by atoms with Gasteiger partial charge in [-0.2, -0.15) is 0 Å². The molecule has 2 rings (SSSR count). The second kappa shape index (κ2) is 10.2. The molecule has 0 aromatic heterocycles. The van der Waals surface area contributed by atoms with Gasteiger partial charge in [0.1, 0.15) is 17.8 Å². The highest BCUT2D eigenvalue weighted by Gasteiger charge is 2.27. The van der Waals surface area contributed by atoms with Crippen LogP contribution in [-0.2, 0) is 27.2 Å². The van der Waals surface area contributed by atoms with E-state index < -0.39 is 35.9 Å². The van der Waals surface area contributed by atoms with Gasteiger partial charge in [-0.1, -0.05) is 42.5 Å². The molecule has 3 atom stereocenters. The lowest BCUT2D eigenvalue weighted by Crippen LogP contribution is -2.55. The van der Waals surface area contributed by atoms with E-state index in [2.05, 4.69) is 10.6 Å². The number of carboxylic acid groups (broad SMARTS) is 1. The number of phenols is 1. The summed E-state index contributed by atoms with van der Waals surface area (Å²) in [5.74, 6) is -2.27. The fourth-order valence-electron chi connectivity index (χ4n) is 2.70. The van der Waals surface area contributed by atoms with Gasteiger partial charge in [0.05, 0.1) is 6.04 Å². The third-order valence-corrected chi connectivity index (χ3v) is 4.32. The molecule has 0 aliphatic carbocycles. The lowest BCUT2D eigenvalue weighted by atomic mass is 10.0. The van der Waals surface area contributed by atoms with Gasteiger partial charge in [-0.25, -0.2) is 4.79 Å². The summed E-state index contributed by atoms with van der Waals surface area (Å²) in [6.07, 6.45) is 0.220. The van der Waals surface area contributed by atoms with E-state index in [1.165, 1.54) is 19.1 Å². The van der Waals surface area contributed by atoms with Crippen LogP contribution in [0.2, 0.25) is 0 Å². The van der Waals surface area contributed by atoms with Crippen molar-refractivity contribution in [1.82, 2.24) is 10.6 Å². The van der Waals surface area contributed by atoms with Crippen molar-refractivity contribution in [3.8, 4) is 5.75 Å². The molecule has 154 valence electrons. The van der Waals surface area contributed by atoms with E-state index in [0.29, 0.717) is 5.56 Å². The largest absolute Gasteiger partial charge is 0.508 e. The molecule has 8 nitrogen and oxygen atoms in total. The Morgan fingerprint density at radius 2 is 1.38 bits per heavy atom. The minimum absolute atomic E-state index is 0.0284. The van der Waals surface area contributed by atoms with Gasteiger partial charge in [-0.05, 0) is 30.2 Å². The number of rotatable bonds is 9. The number of nitrogens with one attached hydrogen (secondary N) is 2. The maximum absolute atomic E-state index is 12.8. The normalized spacial score (nSPS) is 13.7. The smallest absolute Gasteiger partial charge is 0.326 e. The van der Waals surface area contributed by atoms with Gasteiger partial charge in [0.25, 0.3) is 0 Å². The molecule has 0 saturated carbocycles. The van der Waals surface area contributed by atoms with E-state index in [1.807, 2.05) is 30.3 Å². The highest BCUT2D eigenvalue weighted by Crippen LogP contribution is 2.12. The van der Waals surface area contributed by atoms with Crippen molar-refractivity contribution in [2.45, 2.75) is 37.9 Å². The lowest BCUT2D eigenvalue weighted by molar-refractivity contribution is -0.142. The molecule has 0 saturated heterocycles. The topological polar surface area (TPSA) is 142 Å². The predicted molar refractivity (Wildman–Crippen MR) is 107 cm³/mol. The van der Waals surface area contributed by atoms with Gasteiger partial charge in [0.15, 0.2) is 0 Å². The quantitative estimate of drug-likeness (QED) is 0.418. The molecular weight excluding hydrogens is 374 g/mol. The minimum Gasteiger partial charge on any atom is -0.508 e. The molecule has 0 aliphatic rings. The number of phenolic OH excluding ortho intramolecular Hbond substituents is 1. The second-order valence-corrected chi connectivity index (χ2v) is 6.81. The first kappa shape index (κ1) is 21.9. The van der Waals surface area contributed by atoms with Crippen molar-refractivity contribution in [2.24, 2.45) is 5.73 Å². The maximum atomic E-state index is 12.8. The Hall–Kier alpha value is -3.39. The molecule has 2 aromatic carbocycles. The fraction of sp³-hybridized carbons (Fsp3) is 0.286. The molecule has 0 bridgehead atoms. The molecule has 0 aliphatic heterocycles. The Morgan fingerprint density at radius 3 is 1.93 bits per heavy atom. The van der Waals surface area contributed by atoms with Crippen molar-refractivity contribution in [3.63, 3.8) is 0 Å². The van der Waals surface area contributed by atoms with Crippen LogP contribution in [-0.4, -0.2) is 46.1 Å². The maximum Gasteiger partial charge on any atom is 0.326 e. The highest BCUT2D eigenvalue weighted by atomic mass is 16.4. The zero-order chi connectivity index (χ0) is 21.4. The van der Waals surface area contributed by atoms with Crippen LogP contribution in [0.4, 0.5) is 0 Å². The average molecular weight is 399 g/mol. The van der Waals surface area contributed by atoms with Crippen molar-refractivity contribution in [3.05, 3.63) is 65.7 Å². The first-order chi connectivity index (χ1) is 13.8. The molecule has 2 aromatic rings. The van der Waals surface area contributed by atoms with Crippen LogP contribution in [0.5, 0.6) is 5.75 Å². The third kappa shape index (κ3) is 6.93. The first-order valence-electron chi connectivity index (χ1n) is 9.17. The molecular formula is C21H25N3O5. The monoisotopic (exact) mass is 399 g/mol. The first-order valence-corrected chi connectivity index (χ1v) is 9.17. The molecule has 2 amide bonds. The summed E-state index contributed by atoms with van der Waals surface area (Å²) in [7, 11) is 0. The summed E-state index contributed by atoms with van der Waals surface area (Å²) in [5.41, 5.74) is 7.03. The molecule has 3 unspecified atom stereocenters. The van der Waals surface area contributed by atoms with Crippen LogP contribution < -0.4 is 16.4 Å².